The summed E-state index contributed by atoms with van der Waals surface area (Å²) < 4.78 is 12.2. The van der Waals surface area contributed by atoms with Gasteiger partial charge in [0.15, 0.2) is 0 Å². The smallest absolute Gasteiger partial charge is 0.309 e. The molecule has 7 nitrogen and oxygen atoms in total. The average molecular weight is 562 g/mol. The molecule has 2 saturated heterocycles. The van der Waals surface area contributed by atoms with Gasteiger partial charge in [-0.3, -0.25) is 9.59 Å². The predicted octanol–water partition coefficient (Wildman–Crippen LogP) is 5.31. The number of carbonyl (C=O) groups excluding carboxylic acids is 2. The number of ether oxygens (including phenoxy) is 2. The zero-order chi connectivity index (χ0) is 28.9. The number of benzene rings is 1. The van der Waals surface area contributed by atoms with Gasteiger partial charge in [0.1, 0.15) is 11.9 Å². The number of aliphatic hydroxyl groups excluding tert-OH is 2. The molecule has 2 aliphatic heterocycles. The Kier molecular flexibility index (Phi) is 8.83. The van der Waals surface area contributed by atoms with Crippen molar-refractivity contribution in [2.24, 2.45) is 29.1 Å². The summed E-state index contributed by atoms with van der Waals surface area (Å²) in [5.74, 6) is -0.763. The SMILES string of the molecule is CCC(C)Sc1ccc([C@@H]2CC3OC3(C)CC3CC3[C@H](C)[C@H](O)[C@@H](C)C(=O)C(C)(C)[C@@H](O)CC(=O)O2)cc1N. The maximum Gasteiger partial charge on any atom is 0.309 e. The number of ketones is 1. The Hall–Kier alpha value is -1.61. The molecule has 5 unspecified atom stereocenters. The summed E-state index contributed by atoms with van der Waals surface area (Å²) in [4.78, 5) is 27.5. The second-order valence-corrected chi connectivity index (χ2v) is 14.6. The maximum atomic E-state index is 13.4. The van der Waals surface area contributed by atoms with Gasteiger partial charge in [-0.2, -0.15) is 0 Å². The lowest BCUT2D eigenvalue weighted by molar-refractivity contribution is -0.156. The van der Waals surface area contributed by atoms with Gasteiger partial charge in [0.05, 0.1) is 35.7 Å². The third-order valence-corrected chi connectivity index (χ3v) is 11.0. The van der Waals surface area contributed by atoms with Crippen molar-refractivity contribution in [2.75, 3.05) is 5.73 Å². The number of hydrogen-bond acceptors (Lipinski definition) is 8. The lowest BCUT2D eigenvalue weighted by Crippen LogP contribution is -2.46. The van der Waals surface area contributed by atoms with E-state index in [-0.39, 0.29) is 29.8 Å². The first-order valence-corrected chi connectivity index (χ1v) is 15.4. The molecule has 1 aliphatic carbocycles. The highest BCUT2D eigenvalue weighted by Gasteiger charge is 2.58. The lowest BCUT2D eigenvalue weighted by Gasteiger charge is -2.34. The van der Waals surface area contributed by atoms with Crippen LogP contribution in [0.25, 0.3) is 0 Å². The van der Waals surface area contributed by atoms with Gasteiger partial charge in [0, 0.05) is 28.2 Å². The van der Waals surface area contributed by atoms with E-state index in [9.17, 15) is 19.8 Å². The van der Waals surface area contributed by atoms with E-state index in [1.165, 1.54) is 0 Å². The summed E-state index contributed by atoms with van der Waals surface area (Å²) >= 11 is 1.73. The number of aliphatic hydroxyl groups is 2. The van der Waals surface area contributed by atoms with Gasteiger partial charge >= 0.3 is 5.97 Å². The van der Waals surface area contributed by atoms with E-state index in [4.69, 9.17) is 15.2 Å². The van der Waals surface area contributed by atoms with Crippen LogP contribution in [0.15, 0.2) is 23.1 Å². The highest BCUT2D eigenvalue weighted by Crippen LogP contribution is 2.56. The van der Waals surface area contributed by atoms with E-state index in [0.29, 0.717) is 29.2 Å². The fraction of sp³-hybridized carbons (Fsp3) is 0.742. The predicted molar refractivity (Wildman–Crippen MR) is 153 cm³/mol. The largest absolute Gasteiger partial charge is 0.457 e. The molecule has 8 heteroatoms. The van der Waals surface area contributed by atoms with Gasteiger partial charge < -0.3 is 25.4 Å². The standard InChI is InChI=1S/C31H47NO6S/c1-8-16(2)39-24-10-9-19(12-22(24)32)23-13-26-31(7,38-26)15-20-11-21(20)17(3)28(35)18(4)29(36)30(5,6)25(33)14-27(34)37-23/h9-10,12,16-18,20-21,23,25-26,28,33,35H,8,11,13-15,32H2,1-7H3/t16?,17-,18+,20?,21?,23-,25-,26?,28-,31?/m0/s1. The number of epoxide rings is 1. The second-order valence-electron chi connectivity index (χ2n) is 13.1. The van der Waals surface area contributed by atoms with Crippen molar-refractivity contribution in [3.63, 3.8) is 0 Å². The molecule has 2 heterocycles. The number of fused-ring (bicyclic) bond motifs is 2. The summed E-state index contributed by atoms with van der Waals surface area (Å²) in [6.45, 7) is 13.4. The Morgan fingerprint density at radius 3 is 2.49 bits per heavy atom. The average Bonchev–Trinajstić information content (AvgIpc) is 3.78. The third-order valence-electron chi connectivity index (χ3n) is 9.66. The number of cyclic esters (lactones) is 1. The monoisotopic (exact) mass is 561 g/mol. The van der Waals surface area contributed by atoms with Crippen LogP contribution in [0.4, 0.5) is 5.69 Å². The number of carbonyl (C=O) groups is 2. The van der Waals surface area contributed by atoms with Gasteiger partial charge in [-0.1, -0.05) is 47.6 Å². The molecule has 1 aromatic carbocycles. The van der Waals surface area contributed by atoms with Crippen LogP contribution in [0.3, 0.4) is 0 Å². The number of nitrogen functional groups attached to an aromatic ring is 1. The van der Waals surface area contributed by atoms with Crippen molar-refractivity contribution < 1.29 is 29.3 Å². The van der Waals surface area contributed by atoms with Gasteiger partial charge in [0.25, 0.3) is 0 Å². The highest BCUT2D eigenvalue weighted by atomic mass is 32.2. The van der Waals surface area contributed by atoms with Crippen LogP contribution in [0.2, 0.25) is 0 Å². The Bertz CT molecular complexity index is 1080. The van der Waals surface area contributed by atoms with Crippen LogP contribution in [0, 0.1) is 29.1 Å². The molecule has 4 rings (SSSR count). The fourth-order valence-electron chi connectivity index (χ4n) is 6.29. The summed E-state index contributed by atoms with van der Waals surface area (Å²) in [7, 11) is 0. The zero-order valence-electron chi connectivity index (χ0n) is 24.5. The number of thioether (sulfide) groups is 1. The Morgan fingerprint density at radius 2 is 1.85 bits per heavy atom. The van der Waals surface area contributed by atoms with E-state index in [2.05, 4.69) is 20.8 Å². The number of rotatable bonds is 4. The van der Waals surface area contributed by atoms with E-state index in [1.54, 1.807) is 32.5 Å². The lowest BCUT2D eigenvalue weighted by atomic mass is 9.72. The molecule has 1 saturated carbocycles. The maximum absolute atomic E-state index is 13.4. The first-order chi connectivity index (χ1) is 18.2. The number of nitrogens with two attached hydrogens (primary N) is 1. The Balaban J connectivity index is 1.60. The molecular formula is C31H47NO6S. The van der Waals surface area contributed by atoms with E-state index in [1.807, 2.05) is 25.1 Å². The van der Waals surface area contributed by atoms with Gasteiger partial charge in [-0.15, -0.1) is 11.8 Å². The normalized spacial score (nSPS) is 39.7. The summed E-state index contributed by atoms with van der Waals surface area (Å²) in [6, 6.07) is 5.83. The molecule has 1 aromatic rings. The summed E-state index contributed by atoms with van der Waals surface area (Å²) in [5, 5.41) is 22.5. The van der Waals surface area contributed by atoms with Crippen LogP contribution in [-0.2, 0) is 19.1 Å². The number of hydrogen-bond donors (Lipinski definition) is 3. The number of Topliss-reactive ketones (excluding diaryl/α,β-unsaturated/α-hetero) is 1. The van der Waals surface area contributed by atoms with E-state index < -0.39 is 35.6 Å². The topological polar surface area (TPSA) is 122 Å². The molecule has 0 spiro atoms. The van der Waals surface area contributed by atoms with Gasteiger partial charge in [-0.25, -0.2) is 0 Å². The quantitative estimate of drug-likeness (QED) is 0.196. The first kappa shape index (κ1) is 30.4. The van der Waals surface area contributed by atoms with Crippen LogP contribution < -0.4 is 5.73 Å². The van der Waals surface area contributed by atoms with E-state index in [0.717, 1.165) is 29.7 Å². The van der Waals surface area contributed by atoms with Crippen molar-refractivity contribution in [3.05, 3.63) is 23.8 Å². The highest BCUT2D eigenvalue weighted by molar-refractivity contribution is 8.00. The van der Waals surface area contributed by atoms with Crippen LogP contribution in [0.5, 0.6) is 0 Å². The Morgan fingerprint density at radius 1 is 1.15 bits per heavy atom. The first-order valence-electron chi connectivity index (χ1n) is 14.5. The van der Waals surface area contributed by atoms with Crippen molar-refractivity contribution in [1.29, 1.82) is 0 Å². The zero-order valence-corrected chi connectivity index (χ0v) is 25.3. The minimum Gasteiger partial charge on any atom is -0.457 e. The van der Waals surface area contributed by atoms with E-state index >= 15 is 0 Å². The minimum absolute atomic E-state index is 0.0388. The molecule has 0 amide bonds. The molecular weight excluding hydrogens is 514 g/mol. The molecule has 39 heavy (non-hydrogen) atoms. The molecule has 10 atom stereocenters. The van der Waals surface area contributed by atoms with Crippen LogP contribution in [-0.4, -0.2) is 51.1 Å². The molecule has 0 bridgehead atoms. The van der Waals surface area contributed by atoms with Crippen LogP contribution >= 0.6 is 11.8 Å². The van der Waals surface area contributed by atoms with Crippen molar-refractivity contribution in [2.45, 2.75) is 121 Å². The second kappa shape index (κ2) is 11.3. The van der Waals surface area contributed by atoms with Gasteiger partial charge in [0.2, 0.25) is 0 Å². The molecule has 4 N–H and O–H groups in total. The Labute approximate surface area is 237 Å². The number of esters is 1. The third kappa shape index (κ3) is 6.50. The van der Waals surface area contributed by atoms with Crippen molar-refractivity contribution in [3.8, 4) is 0 Å². The molecule has 3 fully saturated rings. The van der Waals surface area contributed by atoms with Gasteiger partial charge in [-0.05, 0) is 61.6 Å². The van der Waals surface area contributed by atoms with Crippen molar-refractivity contribution >= 4 is 29.2 Å². The molecule has 218 valence electrons. The number of anilines is 1. The fourth-order valence-corrected chi connectivity index (χ4v) is 7.24. The molecule has 3 aliphatic rings. The van der Waals surface area contributed by atoms with Crippen molar-refractivity contribution in [1.82, 2.24) is 0 Å². The molecule has 0 radical (unpaired) electrons. The molecule has 0 aromatic heterocycles. The van der Waals surface area contributed by atoms with Crippen LogP contribution in [0.1, 0.15) is 92.2 Å². The minimum atomic E-state index is -1.24. The summed E-state index contributed by atoms with van der Waals surface area (Å²) in [6.07, 6.45) is 0.377. The summed E-state index contributed by atoms with van der Waals surface area (Å²) in [5.41, 5.74) is 6.34.